The van der Waals surface area contributed by atoms with E-state index >= 15 is 0 Å². The lowest BCUT2D eigenvalue weighted by atomic mass is 10.2. The minimum Gasteiger partial charge on any atom is -0.371 e. The predicted molar refractivity (Wildman–Crippen MR) is 100 cm³/mol. The van der Waals surface area contributed by atoms with Crippen LogP contribution in [0.4, 0.5) is 5.13 Å². The van der Waals surface area contributed by atoms with E-state index in [9.17, 15) is 9.59 Å². The molecule has 1 atom stereocenters. The summed E-state index contributed by atoms with van der Waals surface area (Å²) in [6, 6.07) is 0. The van der Waals surface area contributed by atoms with Crippen LogP contribution in [0.5, 0.6) is 0 Å². The van der Waals surface area contributed by atoms with Crippen LogP contribution in [-0.4, -0.2) is 32.3 Å². The molecule has 0 radical (unpaired) electrons. The molecule has 1 aliphatic rings. The molecule has 3 aromatic heterocycles. The normalized spacial score (nSPS) is 17.1. The third-order valence-electron chi connectivity index (χ3n) is 4.33. The molecule has 1 fully saturated rings. The first-order chi connectivity index (χ1) is 12.6. The molecule has 10 heteroatoms. The third-order valence-corrected chi connectivity index (χ3v) is 6.46. The van der Waals surface area contributed by atoms with Gasteiger partial charge in [-0.05, 0) is 32.3 Å². The summed E-state index contributed by atoms with van der Waals surface area (Å²) in [6.07, 6.45) is 3.42. The number of fused-ring (bicyclic) bond motifs is 1. The Hall–Kier alpha value is -2.17. The first kappa shape index (κ1) is 17.3. The topological polar surface area (TPSA) is 99.0 Å². The second-order valence-corrected chi connectivity index (χ2v) is 7.98. The van der Waals surface area contributed by atoms with E-state index in [2.05, 4.69) is 20.5 Å². The van der Waals surface area contributed by atoms with Crippen LogP contribution >= 0.6 is 22.7 Å². The predicted octanol–water partition coefficient (Wildman–Crippen LogP) is 2.74. The Balaban J connectivity index is 1.61. The van der Waals surface area contributed by atoms with Crippen LogP contribution < -0.4 is 10.9 Å². The van der Waals surface area contributed by atoms with E-state index in [4.69, 9.17) is 4.74 Å². The highest BCUT2D eigenvalue weighted by Gasteiger charge is 2.24. The van der Waals surface area contributed by atoms with Crippen molar-refractivity contribution in [3.05, 3.63) is 32.1 Å². The molecule has 26 heavy (non-hydrogen) atoms. The number of nitrogens with one attached hydrogen (secondary N) is 1. The first-order valence-electron chi connectivity index (χ1n) is 8.33. The fraction of sp³-hybridized carbons (Fsp3) is 0.438. The summed E-state index contributed by atoms with van der Waals surface area (Å²) in [7, 11) is 0. The van der Waals surface area contributed by atoms with Crippen LogP contribution in [-0.2, 0) is 11.3 Å². The number of aromatic nitrogens is 4. The standard InChI is InChI=1S/C16H17N5O3S2/c1-3-21-7-17-14-10(15(21)23)8(2)11(25-14)12(22)18-16-20-19-13(26-16)9-5-4-6-24-9/h7,9H,3-6H2,1-2H3,(H,18,20,22). The number of rotatable bonds is 4. The Morgan fingerprint density at radius 1 is 1.42 bits per heavy atom. The maximum atomic E-state index is 12.7. The summed E-state index contributed by atoms with van der Waals surface area (Å²) in [4.78, 5) is 30.5. The molecule has 1 unspecified atom stereocenters. The number of aryl methyl sites for hydroxylation is 2. The Morgan fingerprint density at radius 3 is 3.00 bits per heavy atom. The highest BCUT2D eigenvalue weighted by Crippen LogP contribution is 2.33. The molecule has 1 N–H and O–H groups in total. The number of carbonyl (C=O) groups is 1. The Labute approximate surface area is 156 Å². The molecule has 1 amide bonds. The summed E-state index contributed by atoms with van der Waals surface area (Å²) >= 11 is 2.53. The van der Waals surface area contributed by atoms with Crippen molar-refractivity contribution in [1.29, 1.82) is 0 Å². The van der Waals surface area contributed by atoms with Crippen molar-refractivity contribution >= 4 is 43.9 Å². The Morgan fingerprint density at radius 2 is 2.27 bits per heavy atom. The Bertz CT molecular complexity index is 1030. The molecule has 0 saturated carbocycles. The van der Waals surface area contributed by atoms with E-state index in [-0.39, 0.29) is 17.6 Å². The van der Waals surface area contributed by atoms with Gasteiger partial charge in [-0.15, -0.1) is 21.5 Å². The number of hydrogen-bond acceptors (Lipinski definition) is 8. The van der Waals surface area contributed by atoms with Gasteiger partial charge in [0.25, 0.3) is 11.5 Å². The Kier molecular flexibility index (Phi) is 4.55. The second kappa shape index (κ2) is 6.86. The number of anilines is 1. The molecule has 0 aromatic carbocycles. The van der Waals surface area contributed by atoms with Gasteiger partial charge < -0.3 is 4.74 Å². The monoisotopic (exact) mass is 391 g/mol. The largest absolute Gasteiger partial charge is 0.371 e. The average Bonchev–Trinajstić information content (AvgIpc) is 3.35. The van der Waals surface area contributed by atoms with Gasteiger partial charge in [0, 0.05) is 13.2 Å². The number of carbonyl (C=O) groups excluding carboxylic acids is 1. The van der Waals surface area contributed by atoms with Crippen molar-refractivity contribution in [3.8, 4) is 0 Å². The number of ether oxygens (including phenoxy) is 1. The van der Waals surface area contributed by atoms with E-state index in [1.165, 1.54) is 33.6 Å². The SMILES string of the molecule is CCn1cnc2sc(C(=O)Nc3nnc(C4CCCO4)s3)c(C)c2c1=O. The smallest absolute Gasteiger partial charge is 0.267 e. The summed E-state index contributed by atoms with van der Waals surface area (Å²) in [5.41, 5.74) is 0.522. The third kappa shape index (κ3) is 2.93. The lowest BCUT2D eigenvalue weighted by molar-refractivity contribution is 0.103. The van der Waals surface area contributed by atoms with Crippen molar-refractivity contribution in [1.82, 2.24) is 19.7 Å². The van der Waals surface area contributed by atoms with Crippen molar-refractivity contribution < 1.29 is 9.53 Å². The summed E-state index contributed by atoms with van der Waals surface area (Å²) < 4.78 is 7.12. The number of hydrogen-bond donors (Lipinski definition) is 1. The molecule has 0 aliphatic carbocycles. The molecule has 3 aromatic rings. The molecule has 1 aliphatic heterocycles. The average molecular weight is 391 g/mol. The van der Waals surface area contributed by atoms with Crippen LogP contribution in [0.1, 0.15) is 46.1 Å². The highest BCUT2D eigenvalue weighted by atomic mass is 32.1. The van der Waals surface area contributed by atoms with Gasteiger partial charge in [-0.1, -0.05) is 11.3 Å². The van der Waals surface area contributed by atoms with Crippen molar-refractivity contribution in [2.24, 2.45) is 0 Å². The zero-order chi connectivity index (χ0) is 18.3. The van der Waals surface area contributed by atoms with Crippen LogP contribution in [0.15, 0.2) is 11.1 Å². The lowest BCUT2D eigenvalue weighted by Gasteiger charge is -2.02. The molecule has 4 rings (SSSR count). The zero-order valence-electron chi connectivity index (χ0n) is 14.3. The number of amides is 1. The molecule has 136 valence electrons. The second-order valence-electron chi connectivity index (χ2n) is 5.97. The summed E-state index contributed by atoms with van der Waals surface area (Å²) in [5, 5.41) is 12.6. The molecule has 1 saturated heterocycles. The van der Waals surface area contributed by atoms with Gasteiger partial charge in [-0.3, -0.25) is 19.5 Å². The van der Waals surface area contributed by atoms with E-state index in [0.29, 0.717) is 32.3 Å². The lowest BCUT2D eigenvalue weighted by Crippen LogP contribution is -2.19. The van der Waals surface area contributed by atoms with E-state index in [1.54, 1.807) is 6.92 Å². The summed E-state index contributed by atoms with van der Waals surface area (Å²) in [6.45, 7) is 4.92. The maximum Gasteiger partial charge on any atom is 0.267 e. The molecule has 0 bridgehead atoms. The van der Waals surface area contributed by atoms with Gasteiger partial charge in [0.15, 0.2) is 0 Å². The quantitative estimate of drug-likeness (QED) is 0.734. The van der Waals surface area contributed by atoms with Crippen molar-refractivity contribution in [3.63, 3.8) is 0 Å². The molecule has 8 nitrogen and oxygen atoms in total. The maximum absolute atomic E-state index is 12.7. The minimum atomic E-state index is -0.303. The van der Waals surface area contributed by atoms with E-state index < -0.39 is 0 Å². The van der Waals surface area contributed by atoms with Gasteiger partial charge in [-0.25, -0.2) is 4.98 Å². The fourth-order valence-corrected chi connectivity index (χ4v) is 4.80. The fourth-order valence-electron chi connectivity index (χ4n) is 2.94. The molecular formula is C16H17N5O3S2. The molecule has 4 heterocycles. The van der Waals surface area contributed by atoms with Gasteiger partial charge >= 0.3 is 0 Å². The minimum absolute atomic E-state index is 0.0269. The highest BCUT2D eigenvalue weighted by molar-refractivity contribution is 7.21. The first-order valence-corrected chi connectivity index (χ1v) is 9.96. The molecular weight excluding hydrogens is 374 g/mol. The van der Waals surface area contributed by atoms with E-state index in [1.807, 2.05) is 6.92 Å². The van der Waals surface area contributed by atoms with Gasteiger partial charge in [0.1, 0.15) is 15.9 Å². The van der Waals surface area contributed by atoms with E-state index in [0.717, 1.165) is 24.5 Å². The van der Waals surface area contributed by atoms with Gasteiger partial charge in [0.2, 0.25) is 5.13 Å². The zero-order valence-corrected chi connectivity index (χ0v) is 15.9. The van der Waals surface area contributed by atoms with Crippen molar-refractivity contribution in [2.75, 3.05) is 11.9 Å². The van der Waals surface area contributed by atoms with Crippen molar-refractivity contribution in [2.45, 2.75) is 39.3 Å². The number of thiophene rings is 1. The van der Waals surface area contributed by atoms with Gasteiger partial charge in [-0.2, -0.15) is 0 Å². The number of nitrogens with zero attached hydrogens (tertiary/aromatic N) is 4. The van der Waals surface area contributed by atoms with Crippen LogP contribution in [0.25, 0.3) is 10.2 Å². The van der Waals surface area contributed by atoms with Crippen LogP contribution in [0.3, 0.4) is 0 Å². The van der Waals surface area contributed by atoms with Crippen LogP contribution in [0.2, 0.25) is 0 Å². The molecule has 0 spiro atoms. The van der Waals surface area contributed by atoms with Gasteiger partial charge in [0.05, 0.1) is 16.6 Å². The van der Waals surface area contributed by atoms with Crippen LogP contribution in [0, 0.1) is 6.92 Å². The summed E-state index contributed by atoms with van der Waals surface area (Å²) in [5.74, 6) is -0.303.